The van der Waals surface area contributed by atoms with E-state index in [1.54, 1.807) is 12.3 Å². The highest BCUT2D eigenvalue weighted by atomic mass is 35.5. The molecule has 34 heavy (non-hydrogen) atoms. The van der Waals surface area contributed by atoms with Gasteiger partial charge in [-0.1, -0.05) is 37.3 Å². The lowest BCUT2D eigenvalue weighted by Crippen LogP contribution is -2.50. The first-order chi connectivity index (χ1) is 16.3. The van der Waals surface area contributed by atoms with Crippen molar-refractivity contribution in [3.8, 4) is 6.07 Å². The molecule has 180 valence electrons. The number of hydrogen-bond donors (Lipinski definition) is 3. The molecule has 9 heteroatoms. The Morgan fingerprint density at radius 1 is 1.32 bits per heavy atom. The topological polar surface area (TPSA) is 107 Å². The molecule has 2 saturated carbocycles. The van der Waals surface area contributed by atoms with E-state index in [-0.39, 0.29) is 17.9 Å². The van der Waals surface area contributed by atoms with Gasteiger partial charge in [0.15, 0.2) is 0 Å². The number of hydrogen-bond acceptors (Lipinski definition) is 6. The van der Waals surface area contributed by atoms with Crippen LogP contribution in [0.4, 0.5) is 5.69 Å². The fourth-order valence-electron chi connectivity index (χ4n) is 4.42. The van der Waals surface area contributed by atoms with Crippen molar-refractivity contribution >= 4 is 40.4 Å². The molecule has 0 bridgehead atoms. The van der Waals surface area contributed by atoms with E-state index in [9.17, 15) is 14.9 Å². The van der Waals surface area contributed by atoms with Crippen LogP contribution in [-0.2, 0) is 4.79 Å². The van der Waals surface area contributed by atoms with Crippen LogP contribution in [0.2, 0.25) is 5.02 Å². The number of aromatic nitrogens is 1. The van der Waals surface area contributed by atoms with E-state index >= 15 is 0 Å². The first-order valence-corrected chi connectivity index (χ1v) is 13.0. The molecule has 0 spiro atoms. The number of carbonyl (C=O) groups is 2. The fraction of sp³-hybridized carbons (Fsp3) is 0.520. The molecule has 0 unspecified atom stereocenters. The average Bonchev–Trinajstić information content (AvgIpc) is 3.19. The van der Waals surface area contributed by atoms with Crippen LogP contribution in [0.15, 0.2) is 24.4 Å². The highest BCUT2D eigenvalue weighted by molar-refractivity contribution is 7.14. The lowest BCUT2D eigenvalue weighted by Gasteiger charge is -2.22. The molecule has 4 rings (SSSR count). The van der Waals surface area contributed by atoms with Gasteiger partial charge in [-0.05, 0) is 57.2 Å². The SMILES string of the molecule is Cc1ncc(Cl)cc1N[C@@H](C)c1ccc(C(=O)N[C@@H](CC2CCCC2)C(=O)NC2(C#N)CC2)s1. The van der Waals surface area contributed by atoms with Crippen LogP contribution in [-0.4, -0.2) is 28.4 Å². The zero-order chi connectivity index (χ0) is 24.3. The number of nitrogens with one attached hydrogen (secondary N) is 3. The predicted molar refractivity (Wildman–Crippen MR) is 134 cm³/mol. The maximum atomic E-state index is 13.1. The summed E-state index contributed by atoms with van der Waals surface area (Å²) in [5.41, 5.74) is 0.942. The maximum Gasteiger partial charge on any atom is 0.262 e. The number of thiophene rings is 1. The van der Waals surface area contributed by atoms with E-state index < -0.39 is 11.6 Å². The molecular weight excluding hydrogens is 470 g/mol. The second-order valence-electron chi connectivity index (χ2n) is 9.45. The van der Waals surface area contributed by atoms with Crippen molar-refractivity contribution in [2.24, 2.45) is 5.92 Å². The first kappa shape index (κ1) is 24.5. The van der Waals surface area contributed by atoms with E-state index in [2.05, 4.69) is 27.0 Å². The standard InChI is InChI=1S/C25H30ClN5O2S/c1-15-19(12-18(26)13-28-15)29-16(2)21-7-8-22(34-21)24(33)30-20(11-17-5-3-4-6-17)23(32)31-25(14-27)9-10-25/h7-8,12-13,16-17,20,29H,3-6,9-11H2,1-2H3,(H,30,33)(H,31,32)/t16-,20-/m0/s1. The second-order valence-corrected chi connectivity index (χ2v) is 11.0. The predicted octanol–water partition coefficient (Wildman–Crippen LogP) is 5.13. The van der Waals surface area contributed by atoms with Crippen molar-refractivity contribution < 1.29 is 9.59 Å². The van der Waals surface area contributed by atoms with Crippen LogP contribution in [0.5, 0.6) is 0 Å². The van der Waals surface area contributed by atoms with Gasteiger partial charge in [0.25, 0.3) is 5.91 Å². The minimum absolute atomic E-state index is 0.0477. The smallest absolute Gasteiger partial charge is 0.262 e. The highest BCUT2D eigenvalue weighted by Gasteiger charge is 2.46. The summed E-state index contributed by atoms with van der Waals surface area (Å²) in [6.07, 6.45) is 8.03. The molecule has 7 nitrogen and oxygen atoms in total. The van der Waals surface area contributed by atoms with Gasteiger partial charge < -0.3 is 16.0 Å². The molecule has 2 heterocycles. The van der Waals surface area contributed by atoms with Crippen LogP contribution in [0.3, 0.4) is 0 Å². The van der Waals surface area contributed by atoms with Crippen LogP contribution < -0.4 is 16.0 Å². The number of aryl methyl sites for hydroxylation is 1. The summed E-state index contributed by atoms with van der Waals surface area (Å²) in [6, 6.07) is 7.06. The van der Waals surface area contributed by atoms with E-state index in [0.29, 0.717) is 35.1 Å². The molecule has 2 fully saturated rings. The Balaban J connectivity index is 1.42. The molecule has 2 aromatic rings. The Bertz CT molecular complexity index is 1100. The normalized spacial score (nSPS) is 18.5. The fourth-order valence-corrected chi connectivity index (χ4v) is 5.49. The van der Waals surface area contributed by atoms with E-state index in [1.807, 2.05) is 26.0 Å². The van der Waals surface area contributed by atoms with Crippen molar-refractivity contribution in [1.29, 1.82) is 5.26 Å². The van der Waals surface area contributed by atoms with E-state index in [4.69, 9.17) is 11.6 Å². The van der Waals surface area contributed by atoms with Crippen molar-refractivity contribution in [2.45, 2.75) is 76.4 Å². The molecule has 2 aromatic heterocycles. The Labute approximate surface area is 209 Å². The molecule has 0 aromatic carbocycles. The number of rotatable bonds is 9. The second kappa shape index (κ2) is 10.3. The largest absolute Gasteiger partial charge is 0.376 e. The summed E-state index contributed by atoms with van der Waals surface area (Å²) >= 11 is 7.47. The lowest BCUT2D eigenvalue weighted by molar-refractivity contribution is -0.124. The minimum atomic E-state index is -0.750. The van der Waals surface area contributed by atoms with E-state index in [0.717, 1.165) is 41.9 Å². The zero-order valence-corrected chi connectivity index (χ0v) is 21.1. The Hall–Kier alpha value is -2.63. The van der Waals surface area contributed by atoms with Gasteiger partial charge in [0.05, 0.1) is 33.4 Å². The molecule has 0 radical (unpaired) electrons. The van der Waals surface area contributed by atoms with Gasteiger partial charge in [-0.2, -0.15) is 5.26 Å². The number of carbonyl (C=O) groups excluding carboxylic acids is 2. The van der Waals surface area contributed by atoms with Crippen molar-refractivity contribution in [2.75, 3.05) is 5.32 Å². The summed E-state index contributed by atoms with van der Waals surface area (Å²) in [6.45, 7) is 3.92. The first-order valence-electron chi connectivity index (χ1n) is 11.8. The quantitative estimate of drug-likeness (QED) is 0.443. The van der Waals surface area contributed by atoms with Crippen molar-refractivity contribution in [3.63, 3.8) is 0 Å². The van der Waals surface area contributed by atoms with Gasteiger partial charge >= 0.3 is 0 Å². The third-order valence-electron chi connectivity index (χ3n) is 6.69. The number of nitrogens with zero attached hydrogens (tertiary/aromatic N) is 2. The summed E-state index contributed by atoms with van der Waals surface area (Å²) < 4.78 is 0. The third kappa shape index (κ3) is 5.89. The van der Waals surface area contributed by atoms with Crippen LogP contribution in [0.25, 0.3) is 0 Å². The summed E-state index contributed by atoms with van der Waals surface area (Å²) in [7, 11) is 0. The van der Waals surface area contributed by atoms with Crippen LogP contribution in [0, 0.1) is 24.2 Å². The van der Waals surface area contributed by atoms with Gasteiger partial charge in [0, 0.05) is 11.1 Å². The van der Waals surface area contributed by atoms with E-state index in [1.165, 1.54) is 11.3 Å². The van der Waals surface area contributed by atoms with Crippen LogP contribution in [0.1, 0.15) is 78.2 Å². The van der Waals surface area contributed by atoms with Crippen LogP contribution >= 0.6 is 22.9 Å². The molecule has 0 aliphatic heterocycles. The Morgan fingerprint density at radius 3 is 2.74 bits per heavy atom. The minimum Gasteiger partial charge on any atom is -0.376 e. The number of halogens is 1. The number of anilines is 1. The van der Waals surface area contributed by atoms with Crippen molar-refractivity contribution in [3.05, 3.63) is 44.9 Å². The third-order valence-corrected chi connectivity index (χ3v) is 8.17. The van der Waals surface area contributed by atoms with Gasteiger partial charge in [0.1, 0.15) is 11.6 Å². The average molecular weight is 500 g/mol. The molecule has 2 amide bonds. The monoisotopic (exact) mass is 499 g/mol. The zero-order valence-electron chi connectivity index (χ0n) is 19.5. The summed E-state index contributed by atoms with van der Waals surface area (Å²) in [5.74, 6) is -0.0926. The Morgan fingerprint density at radius 2 is 2.06 bits per heavy atom. The molecule has 0 saturated heterocycles. The van der Waals surface area contributed by atoms with Gasteiger partial charge in [-0.3, -0.25) is 14.6 Å². The van der Waals surface area contributed by atoms with Gasteiger partial charge in [-0.25, -0.2) is 0 Å². The molecule has 2 aliphatic carbocycles. The molecule has 3 N–H and O–H groups in total. The summed E-state index contributed by atoms with van der Waals surface area (Å²) in [4.78, 5) is 31.9. The molecule has 2 aliphatic rings. The Kier molecular flexibility index (Phi) is 7.44. The molecular formula is C25H30ClN5O2S. The van der Waals surface area contributed by atoms with Gasteiger partial charge in [-0.15, -0.1) is 11.3 Å². The lowest BCUT2D eigenvalue weighted by atomic mass is 9.97. The summed E-state index contributed by atoms with van der Waals surface area (Å²) in [5, 5.41) is 19.1. The maximum absolute atomic E-state index is 13.1. The molecule has 2 atom stereocenters. The van der Waals surface area contributed by atoms with Gasteiger partial charge in [0.2, 0.25) is 5.91 Å². The van der Waals surface area contributed by atoms with Crippen molar-refractivity contribution in [1.82, 2.24) is 15.6 Å². The number of amides is 2. The highest BCUT2D eigenvalue weighted by Crippen LogP contribution is 2.35. The number of pyridine rings is 1. The number of nitriles is 1.